The van der Waals surface area contributed by atoms with E-state index in [-0.39, 0.29) is 5.41 Å². The Morgan fingerprint density at radius 3 is 2.50 bits per heavy atom. The molecule has 0 unspecified atom stereocenters. The summed E-state index contributed by atoms with van der Waals surface area (Å²) in [4.78, 5) is 11.2. The number of ketones is 1. The Morgan fingerprint density at radius 1 is 1.70 bits per heavy atom. The van der Waals surface area contributed by atoms with Gasteiger partial charge in [-0.2, -0.15) is 0 Å². The summed E-state index contributed by atoms with van der Waals surface area (Å²) in [6.07, 6.45) is 3.58. The van der Waals surface area contributed by atoms with Crippen molar-refractivity contribution < 1.29 is 4.79 Å². The van der Waals surface area contributed by atoms with E-state index in [9.17, 15) is 4.79 Å². The first kappa shape index (κ1) is 7.52. The lowest BCUT2D eigenvalue weighted by molar-refractivity contribution is -0.124. The minimum atomic E-state index is -0.0845. The fraction of sp³-hybridized carbons (Fsp3) is 0.667. The third-order valence-electron chi connectivity index (χ3n) is 2.31. The van der Waals surface area contributed by atoms with Crippen molar-refractivity contribution >= 4 is 5.78 Å². The van der Waals surface area contributed by atoms with Crippen LogP contribution in [0.3, 0.4) is 0 Å². The molecule has 0 heterocycles. The van der Waals surface area contributed by atoms with Crippen LogP contribution in [0.5, 0.6) is 0 Å². The molecule has 0 aromatic carbocycles. The van der Waals surface area contributed by atoms with E-state index in [1.54, 1.807) is 0 Å². The topological polar surface area (TPSA) is 17.1 Å². The molecule has 1 atom stereocenters. The van der Waals surface area contributed by atoms with Crippen LogP contribution in [0.2, 0.25) is 0 Å². The van der Waals surface area contributed by atoms with Crippen molar-refractivity contribution in [1.29, 1.82) is 0 Å². The highest BCUT2D eigenvalue weighted by atomic mass is 16.1. The maximum Gasteiger partial charge on any atom is 0.139 e. The van der Waals surface area contributed by atoms with Gasteiger partial charge in [0.2, 0.25) is 0 Å². The lowest BCUT2D eigenvalue weighted by Crippen LogP contribution is -2.15. The zero-order valence-corrected chi connectivity index (χ0v) is 6.68. The quantitative estimate of drug-likeness (QED) is 0.507. The average molecular weight is 138 g/mol. The minimum Gasteiger partial charge on any atom is -0.299 e. The molecular formula is C9H14O. The Balaban J connectivity index is 2.70. The minimum absolute atomic E-state index is 0.0845. The molecule has 0 bridgehead atoms. The van der Waals surface area contributed by atoms with Gasteiger partial charge in [-0.3, -0.25) is 4.79 Å². The lowest BCUT2D eigenvalue weighted by atomic mass is 9.90. The molecule has 0 amide bonds. The lowest BCUT2D eigenvalue weighted by Gasteiger charge is -2.13. The van der Waals surface area contributed by atoms with Crippen molar-refractivity contribution in [2.24, 2.45) is 11.3 Å². The Hall–Kier alpha value is -0.590. The van der Waals surface area contributed by atoms with Crippen LogP contribution in [0.25, 0.3) is 0 Å². The molecule has 0 saturated heterocycles. The molecule has 0 radical (unpaired) electrons. The second kappa shape index (κ2) is 2.22. The number of Topliss-reactive ketones (excluding diaryl/α,β-unsaturated/α-hetero) is 1. The van der Waals surface area contributed by atoms with Crippen molar-refractivity contribution in [2.45, 2.75) is 26.7 Å². The number of carbonyl (C=O) groups excluding carboxylic acids is 1. The molecule has 1 aliphatic carbocycles. The highest BCUT2D eigenvalue weighted by molar-refractivity contribution is 5.86. The van der Waals surface area contributed by atoms with Crippen LogP contribution < -0.4 is 0 Å². The van der Waals surface area contributed by atoms with Crippen LogP contribution in [0.15, 0.2) is 12.7 Å². The van der Waals surface area contributed by atoms with Gasteiger partial charge in [-0.15, -0.1) is 6.58 Å². The summed E-state index contributed by atoms with van der Waals surface area (Å²) in [5.41, 5.74) is -0.0845. The normalized spacial score (nSPS) is 30.6. The van der Waals surface area contributed by atoms with Crippen LogP contribution in [0.4, 0.5) is 0 Å². The van der Waals surface area contributed by atoms with E-state index in [2.05, 4.69) is 6.58 Å². The predicted molar refractivity (Wildman–Crippen MR) is 41.7 cm³/mol. The number of carbonyl (C=O) groups is 1. The van der Waals surface area contributed by atoms with E-state index in [1.807, 2.05) is 19.9 Å². The van der Waals surface area contributed by atoms with Gasteiger partial charge in [-0.1, -0.05) is 19.9 Å². The summed E-state index contributed by atoms with van der Waals surface area (Å²) in [5, 5.41) is 0. The Bertz CT molecular complexity index is 168. The van der Waals surface area contributed by atoms with Gasteiger partial charge in [0, 0.05) is 11.8 Å². The molecule has 0 N–H and O–H groups in total. The second-order valence-corrected chi connectivity index (χ2v) is 3.71. The monoisotopic (exact) mass is 138 g/mol. The van der Waals surface area contributed by atoms with Gasteiger partial charge < -0.3 is 0 Å². The fourth-order valence-electron chi connectivity index (χ4n) is 1.52. The van der Waals surface area contributed by atoms with Crippen LogP contribution >= 0.6 is 0 Å². The standard InChI is InChI=1S/C9H14O/c1-4-7-5-8(10)9(2,3)6-7/h4,7H,1,5-6H2,2-3H3/t7-/m1/s1. The van der Waals surface area contributed by atoms with Crippen molar-refractivity contribution in [3.63, 3.8) is 0 Å². The van der Waals surface area contributed by atoms with Gasteiger partial charge in [0.05, 0.1) is 0 Å². The molecule has 1 nitrogen and oxygen atoms in total. The number of hydrogen-bond acceptors (Lipinski definition) is 1. The molecule has 1 rings (SSSR count). The highest BCUT2D eigenvalue weighted by Crippen LogP contribution is 2.37. The van der Waals surface area contributed by atoms with Crippen molar-refractivity contribution in [1.82, 2.24) is 0 Å². The van der Waals surface area contributed by atoms with E-state index < -0.39 is 0 Å². The summed E-state index contributed by atoms with van der Waals surface area (Å²) >= 11 is 0. The summed E-state index contributed by atoms with van der Waals surface area (Å²) in [5.74, 6) is 0.819. The first-order valence-corrected chi connectivity index (χ1v) is 3.72. The predicted octanol–water partition coefficient (Wildman–Crippen LogP) is 2.18. The molecule has 56 valence electrons. The summed E-state index contributed by atoms with van der Waals surface area (Å²) in [7, 11) is 0. The molecule has 0 aromatic rings. The van der Waals surface area contributed by atoms with Crippen molar-refractivity contribution in [3.8, 4) is 0 Å². The zero-order valence-electron chi connectivity index (χ0n) is 6.68. The van der Waals surface area contributed by atoms with Crippen LogP contribution in [-0.2, 0) is 4.79 Å². The third kappa shape index (κ3) is 1.13. The van der Waals surface area contributed by atoms with Crippen molar-refractivity contribution in [2.75, 3.05) is 0 Å². The van der Waals surface area contributed by atoms with Gasteiger partial charge >= 0.3 is 0 Å². The zero-order chi connectivity index (χ0) is 7.78. The molecule has 1 aliphatic rings. The van der Waals surface area contributed by atoms with E-state index in [0.29, 0.717) is 18.1 Å². The van der Waals surface area contributed by atoms with Gasteiger partial charge in [-0.05, 0) is 12.3 Å². The molecule has 1 heteroatoms. The first-order chi connectivity index (χ1) is 4.56. The molecule has 1 saturated carbocycles. The smallest absolute Gasteiger partial charge is 0.139 e. The average Bonchev–Trinajstić information content (AvgIpc) is 2.08. The molecule has 10 heavy (non-hydrogen) atoms. The van der Waals surface area contributed by atoms with Gasteiger partial charge in [0.1, 0.15) is 5.78 Å². The van der Waals surface area contributed by atoms with Crippen LogP contribution in [0.1, 0.15) is 26.7 Å². The SMILES string of the molecule is C=C[C@@H]1CC(=O)C(C)(C)C1. The number of hydrogen-bond donors (Lipinski definition) is 0. The summed E-state index contributed by atoms with van der Waals surface area (Å²) in [6.45, 7) is 7.72. The Morgan fingerprint density at radius 2 is 2.30 bits per heavy atom. The van der Waals surface area contributed by atoms with Gasteiger partial charge in [0.25, 0.3) is 0 Å². The van der Waals surface area contributed by atoms with Gasteiger partial charge in [0.15, 0.2) is 0 Å². The molecule has 0 aromatic heterocycles. The largest absolute Gasteiger partial charge is 0.299 e. The maximum absolute atomic E-state index is 11.2. The molecular weight excluding hydrogens is 124 g/mol. The van der Waals surface area contributed by atoms with Crippen molar-refractivity contribution in [3.05, 3.63) is 12.7 Å². The van der Waals surface area contributed by atoms with Crippen LogP contribution in [-0.4, -0.2) is 5.78 Å². The third-order valence-corrected chi connectivity index (χ3v) is 2.31. The Labute approximate surface area is 62.1 Å². The van der Waals surface area contributed by atoms with E-state index in [0.717, 1.165) is 6.42 Å². The second-order valence-electron chi connectivity index (χ2n) is 3.71. The Kier molecular flexibility index (Phi) is 1.67. The summed E-state index contributed by atoms with van der Waals surface area (Å²) in [6, 6.07) is 0. The highest BCUT2D eigenvalue weighted by Gasteiger charge is 2.37. The van der Waals surface area contributed by atoms with Crippen LogP contribution in [0, 0.1) is 11.3 Å². The van der Waals surface area contributed by atoms with E-state index in [4.69, 9.17) is 0 Å². The number of rotatable bonds is 1. The number of allylic oxidation sites excluding steroid dienone is 1. The van der Waals surface area contributed by atoms with E-state index in [1.165, 1.54) is 0 Å². The first-order valence-electron chi connectivity index (χ1n) is 3.72. The summed E-state index contributed by atoms with van der Waals surface area (Å²) < 4.78 is 0. The fourth-order valence-corrected chi connectivity index (χ4v) is 1.52. The molecule has 1 fully saturated rings. The molecule has 0 spiro atoms. The van der Waals surface area contributed by atoms with Gasteiger partial charge in [-0.25, -0.2) is 0 Å². The molecule has 0 aliphatic heterocycles. The van der Waals surface area contributed by atoms with E-state index >= 15 is 0 Å². The maximum atomic E-state index is 11.2.